The van der Waals surface area contributed by atoms with E-state index in [0.29, 0.717) is 26.2 Å². The summed E-state index contributed by atoms with van der Waals surface area (Å²) in [6.07, 6.45) is 2.41. The Morgan fingerprint density at radius 1 is 1.17 bits per heavy atom. The zero-order valence-electron chi connectivity index (χ0n) is 13.7. The molecule has 1 aromatic carbocycles. The lowest BCUT2D eigenvalue weighted by atomic mass is 10.1. The Hall–Kier alpha value is -1.66. The number of nitrogens with zero attached hydrogens (tertiary/aromatic N) is 2. The number of benzene rings is 1. The fourth-order valence-electron chi connectivity index (χ4n) is 2.46. The van der Waals surface area contributed by atoms with Crippen LogP contribution in [0.25, 0.3) is 6.08 Å². The van der Waals surface area contributed by atoms with Gasteiger partial charge in [-0.3, -0.25) is 4.79 Å². The van der Waals surface area contributed by atoms with Gasteiger partial charge in [-0.2, -0.15) is 4.31 Å². The van der Waals surface area contributed by atoms with E-state index in [1.165, 1.54) is 9.71 Å². The monoisotopic (exact) mass is 336 g/mol. The van der Waals surface area contributed by atoms with Crippen molar-refractivity contribution in [1.82, 2.24) is 9.21 Å². The first-order chi connectivity index (χ1) is 10.9. The standard InChI is InChI=1S/C17H24N2O3S/c1-3-15(2)17(20)18-10-12-19(13-11-18)23(21,22)14-9-16-7-5-4-6-8-16/h4-9,14-15H,3,10-13H2,1-2H3/b14-9+. The van der Waals surface area contributed by atoms with Gasteiger partial charge in [0.25, 0.3) is 0 Å². The number of piperazine rings is 1. The predicted octanol–water partition coefficient (Wildman–Crippen LogP) is 2.18. The third-order valence-electron chi connectivity index (χ3n) is 4.18. The molecule has 0 N–H and O–H groups in total. The highest BCUT2D eigenvalue weighted by molar-refractivity contribution is 7.92. The second-order valence-corrected chi connectivity index (χ2v) is 7.61. The van der Waals surface area contributed by atoms with Crippen molar-refractivity contribution < 1.29 is 13.2 Å². The molecule has 1 aliphatic rings. The molecule has 126 valence electrons. The first-order valence-corrected chi connectivity index (χ1v) is 9.46. The lowest BCUT2D eigenvalue weighted by Gasteiger charge is -2.34. The molecular weight excluding hydrogens is 312 g/mol. The number of amides is 1. The van der Waals surface area contributed by atoms with Crippen LogP contribution >= 0.6 is 0 Å². The van der Waals surface area contributed by atoms with Crippen LogP contribution in [0.1, 0.15) is 25.8 Å². The predicted molar refractivity (Wildman–Crippen MR) is 92.0 cm³/mol. The third kappa shape index (κ3) is 4.65. The lowest BCUT2D eigenvalue weighted by molar-refractivity contribution is -0.136. The van der Waals surface area contributed by atoms with Crippen LogP contribution in [-0.4, -0.2) is 49.7 Å². The number of rotatable bonds is 5. The van der Waals surface area contributed by atoms with Gasteiger partial charge in [0.2, 0.25) is 15.9 Å². The SMILES string of the molecule is CCC(C)C(=O)N1CCN(S(=O)(=O)/C=C/c2ccccc2)CC1. The van der Waals surface area contributed by atoms with Crippen molar-refractivity contribution in [2.45, 2.75) is 20.3 Å². The van der Waals surface area contributed by atoms with E-state index in [1.807, 2.05) is 44.2 Å². The van der Waals surface area contributed by atoms with Crippen LogP contribution in [0, 0.1) is 5.92 Å². The van der Waals surface area contributed by atoms with Crippen LogP contribution in [0.15, 0.2) is 35.7 Å². The summed E-state index contributed by atoms with van der Waals surface area (Å²) >= 11 is 0. The normalized spacial score (nSPS) is 18.3. The molecular formula is C17H24N2O3S. The molecule has 1 aromatic rings. The second kappa shape index (κ2) is 7.75. The third-order valence-corrected chi connectivity index (χ3v) is 5.74. The molecule has 1 atom stereocenters. The minimum Gasteiger partial charge on any atom is -0.340 e. The summed E-state index contributed by atoms with van der Waals surface area (Å²) in [6, 6.07) is 9.33. The highest BCUT2D eigenvalue weighted by atomic mass is 32.2. The van der Waals surface area contributed by atoms with Gasteiger partial charge in [0, 0.05) is 37.5 Å². The smallest absolute Gasteiger partial charge is 0.236 e. The molecule has 0 bridgehead atoms. The quantitative estimate of drug-likeness (QED) is 0.828. The van der Waals surface area contributed by atoms with Gasteiger partial charge in [-0.25, -0.2) is 8.42 Å². The van der Waals surface area contributed by atoms with Crippen molar-refractivity contribution in [2.75, 3.05) is 26.2 Å². The van der Waals surface area contributed by atoms with Gasteiger partial charge in [0.05, 0.1) is 0 Å². The minimum atomic E-state index is -3.44. The Bertz CT molecular complexity index is 648. The van der Waals surface area contributed by atoms with Gasteiger partial charge in [0.15, 0.2) is 0 Å². The summed E-state index contributed by atoms with van der Waals surface area (Å²) in [5.41, 5.74) is 0.849. The first-order valence-electron chi connectivity index (χ1n) is 7.96. The van der Waals surface area contributed by atoms with Crippen molar-refractivity contribution in [3.63, 3.8) is 0 Å². The first kappa shape index (κ1) is 17.7. The Labute approximate surface area is 138 Å². The summed E-state index contributed by atoms with van der Waals surface area (Å²) in [4.78, 5) is 13.9. The van der Waals surface area contributed by atoms with E-state index < -0.39 is 10.0 Å². The highest BCUT2D eigenvalue weighted by Crippen LogP contribution is 2.14. The van der Waals surface area contributed by atoms with E-state index in [9.17, 15) is 13.2 Å². The molecule has 6 heteroatoms. The van der Waals surface area contributed by atoms with E-state index >= 15 is 0 Å². The molecule has 0 aliphatic carbocycles. The summed E-state index contributed by atoms with van der Waals surface area (Å²) in [5, 5.41) is 1.24. The van der Waals surface area contributed by atoms with E-state index in [-0.39, 0.29) is 11.8 Å². The Kier molecular flexibility index (Phi) is 5.96. The van der Waals surface area contributed by atoms with Crippen molar-refractivity contribution in [3.8, 4) is 0 Å². The van der Waals surface area contributed by atoms with Crippen LogP contribution < -0.4 is 0 Å². The molecule has 1 fully saturated rings. The second-order valence-electron chi connectivity index (χ2n) is 5.79. The molecule has 1 heterocycles. The van der Waals surface area contributed by atoms with Crippen molar-refractivity contribution in [3.05, 3.63) is 41.3 Å². The van der Waals surface area contributed by atoms with Crippen molar-refractivity contribution in [1.29, 1.82) is 0 Å². The molecule has 0 radical (unpaired) electrons. The van der Waals surface area contributed by atoms with Crippen LogP contribution in [0.5, 0.6) is 0 Å². The van der Waals surface area contributed by atoms with Crippen LogP contribution in [-0.2, 0) is 14.8 Å². The number of carbonyl (C=O) groups excluding carboxylic acids is 1. The molecule has 1 amide bonds. The fraction of sp³-hybridized carbons (Fsp3) is 0.471. The van der Waals surface area contributed by atoms with E-state index in [2.05, 4.69) is 0 Å². The average Bonchev–Trinajstić information content (AvgIpc) is 2.59. The number of carbonyl (C=O) groups is 1. The number of sulfonamides is 1. The van der Waals surface area contributed by atoms with E-state index in [0.717, 1.165) is 12.0 Å². The van der Waals surface area contributed by atoms with Gasteiger partial charge in [-0.1, -0.05) is 44.2 Å². The molecule has 1 unspecified atom stereocenters. The maximum atomic E-state index is 12.4. The van der Waals surface area contributed by atoms with E-state index in [4.69, 9.17) is 0 Å². The lowest BCUT2D eigenvalue weighted by Crippen LogP contribution is -2.51. The summed E-state index contributed by atoms with van der Waals surface area (Å²) < 4.78 is 26.2. The number of hydrogen-bond acceptors (Lipinski definition) is 3. The van der Waals surface area contributed by atoms with Crippen LogP contribution in [0.4, 0.5) is 0 Å². The molecule has 2 rings (SSSR count). The van der Waals surface area contributed by atoms with Gasteiger partial charge in [0.1, 0.15) is 0 Å². The maximum Gasteiger partial charge on any atom is 0.236 e. The summed E-state index contributed by atoms with van der Waals surface area (Å²) in [5.74, 6) is 0.112. The van der Waals surface area contributed by atoms with Gasteiger partial charge < -0.3 is 4.90 Å². The Balaban J connectivity index is 1.96. The fourth-order valence-corrected chi connectivity index (χ4v) is 3.64. The molecule has 1 aliphatic heterocycles. The minimum absolute atomic E-state index is 0.00358. The van der Waals surface area contributed by atoms with Gasteiger partial charge >= 0.3 is 0 Å². The summed E-state index contributed by atoms with van der Waals surface area (Å²) in [6.45, 7) is 5.52. The summed E-state index contributed by atoms with van der Waals surface area (Å²) in [7, 11) is -3.44. The molecule has 0 spiro atoms. The largest absolute Gasteiger partial charge is 0.340 e. The molecule has 0 saturated carbocycles. The van der Waals surface area contributed by atoms with E-state index in [1.54, 1.807) is 11.0 Å². The van der Waals surface area contributed by atoms with Crippen LogP contribution in [0.2, 0.25) is 0 Å². The number of hydrogen-bond donors (Lipinski definition) is 0. The van der Waals surface area contributed by atoms with Gasteiger partial charge in [-0.15, -0.1) is 0 Å². The molecule has 5 nitrogen and oxygen atoms in total. The van der Waals surface area contributed by atoms with Crippen molar-refractivity contribution in [2.24, 2.45) is 5.92 Å². The Morgan fingerprint density at radius 3 is 2.35 bits per heavy atom. The highest BCUT2D eigenvalue weighted by Gasteiger charge is 2.28. The molecule has 1 saturated heterocycles. The zero-order valence-corrected chi connectivity index (χ0v) is 14.5. The topological polar surface area (TPSA) is 57.7 Å². The zero-order chi connectivity index (χ0) is 16.9. The van der Waals surface area contributed by atoms with Crippen LogP contribution in [0.3, 0.4) is 0 Å². The molecule has 0 aromatic heterocycles. The van der Waals surface area contributed by atoms with Crippen molar-refractivity contribution >= 4 is 22.0 Å². The molecule has 23 heavy (non-hydrogen) atoms. The van der Waals surface area contributed by atoms with Gasteiger partial charge in [-0.05, 0) is 18.1 Å². The Morgan fingerprint density at radius 2 is 1.78 bits per heavy atom. The maximum absolute atomic E-state index is 12.4. The average molecular weight is 336 g/mol.